The molecule has 2 nitrogen and oxygen atoms in total. The lowest BCUT2D eigenvalue weighted by Crippen LogP contribution is -2.55. The van der Waals surface area contributed by atoms with Crippen molar-refractivity contribution in [2.75, 3.05) is 20.1 Å². The monoisotopic (exact) mass is 224 g/mol. The van der Waals surface area contributed by atoms with Gasteiger partial charge in [0.15, 0.2) is 0 Å². The lowest BCUT2D eigenvalue weighted by atomic mass is 9.75. The molecule has 2 heteroatoms. The zero-order chi connectivity index (χ0) is 11.6. The van der Waals surface area contributed by atoms with Crippen molar-refractivity contribution >= 4 is 0 Å². The van der Waals surface area contributed by atoms with Gasteiger partial charge in [-0.05, 0) is 57.4 Å². The highest BCUT2D eigenvalue weighted by Gasteiger charge is 2.37. The summed E-state index contributed by atoms with van der Waals surface area (Å²) in [6, 6.07) is 0. The smallest absolute Gasteiger partial charge is 0.0329 e. The third-order valence-electron chi connectivity index (χ3n) is 5.15. The van der Waals surface area contributed by atoms with Crippen molar-refractivity contribution in [2.24, 2.45) is 17.6 Å². The maximum Gasteiger partial charge on any atom is 0.0329 e. The number of likely N-dealkylation sites (N-methyl/N-ethyl adjacent to an activating group) is 1. The highest BCUT2D eigenvalue weighted by atomic mass is 15.2. The summed E-state index contributed by atoms with van der Waals surface area (Å²) in [6.45, 7) is 4.51. The molecule has 2 rings (SSSR count). The third kappa shape index (κ3) is 2.43. The first-order valence-corrected chi connectivity index (χ1v) is 7.07. The Morgan fingerprint density at radius 2 is 1.81 bits per heavy atom. The average molecular weight is 224 g/mol. The molecule has 0 aromatic carbocycles. The van der Waals surface area contributed by atoms with Gasteiger partial charge in [-0.1, -0.05) is 13.3 Å². The summed E-state index contributed by atoms with van der Waals surface area (Å²) in [4.78, 5) is 2.60. The topological polar surface area (TPSA) is 29.3 Å². The zero-order valence-electron chi connectivity index (χ0n) is 11.0. The number of hydrogen-bond acceptors (Lipinski definition) is 2. The minimum atomic E-state index is 0.335. The number of nitrogens with two attached hydrogens (primary N) is 1. The van der Waals surface area contributed by atoms with Gasteiger partial charge in [0.2, 0.25) is 0 Å². The van der Waals surface area contributed by atoms with Crippen LogP contribution in [0.25, 0.3) is 0 Å². The largest absolute Gasteiger partial charge is 0.329 e. The van der Waals surface area contributed by atoms with Crippen LogP contribution in [0.5, 0.6) is 0 Å². The Hall–Kier alpha value is -0.0800. The Bertz CT molecular complexity index is 215. The van der Waals surface area contributed by atoms with Gasteiger partial charge in [0.05, 0.1) is 0 Å². The predicted octanol–water partition coefficient (Wildman–Crippen LogP) is 2.63. The first kappa shape index (κ1) is 12.4. The molecule has 2 N–H and O–H groups in total. The van der Waals surface area contributed by atoms with Crippen molar-refractivity contribution in [1.29, 1.82) is 0 Å². The minimum Gasteiger partial charge on any atom is -0.329 e. The second-order valence-electron chi connectivity index (χ2n) is 6.29. The number of nitrogens with zero attached hydrogens (tertiary/aromatic N) is 1. The normalized spacial score (nSPS) is 36.4. The van der Waals surface area contributed by atoms with Crippen molar-refractivity contribution in [3.63, 3.8) is 0 Å². The van der Waals surface area contributed by atoms with Gasteiger partial charge in [-0.15, -0.1) is 0 Å². The molecule has 94 valence electrons. The summed E-state index contributed by atoms with van der Waals surface area (Å²) < 4.78 is 0. The molecule has 0 saturated heterocycles. The first-order chi connectivity index (χ1) is 7.66. The average Bonchev–Trinajstić information content (AvgIpc) is 2.25. The third-order valence-corrected chi connectivity index (χ3v) is 5.15. The standard InChI is InChI=1S/C14H28N2/c1-12-6-8-14(11-15,9-7-12)16(2)10-13-4-3-5-13/h12-13H,3-11,15H2,1-2H3. The molecule has 0 radical (unpaired) electrons. The maximum absolute atomic E-state index is 6.08. The number of rotatable bonds is 4. The lowest BCUT2D eigenvalue weighted by Gasteiger charge is -2.47. The minimum absolute atomic E-state index is 0.335. The Balaban J connectivity index is 1.91. The van der Waals surface area contributed by atoms with Gasteiger partial charge in [0, 0.05) is 18.6 Å². The summed E-state index contributed by atoms with van der Waals surface area (Å²) in [5, 5.41) is 0. The van der Waals surface area contributed by atoms with Crippen molar-refractivity contribution < 1.29 is 0 Å². The van der Waals surface area contributed by atoms with Crippen molar-refractivity contribution in [2.45, 2.75) is 57.4 Å². The molecule has 0 spiro atoms. The fraction of sp³-hybridized carbons (Fsp3) is 1.00. The van der Waals surface area contributed by atoms with Crippen LogP contribution in [0, 0.1) is 11.8 Å². The van der Waals surface area contributed by atoms with Gasteiger partial charge in [-0.3, -0.25) is 4.90 Å². The van der Waals surface area contributed by atoms with E-state index in [1.807, 2.05) is 0 Å². The molecule has 0 atom stereocenters. The van der Waals surface area contributed by atoms with Crippen LogP contribution in [0.2, 0.25) is 0 Å². The Morgan fingerprint density at radius 1 is 1.19 bits per heavy atom. The summed E-state index contributed by atoms with van der Waals surface area (Å²) in [5.41, 5.74) is 6.41. The van der Waals surface area contributed by atoms with Gasteiger partial charge < -0.3 is 5.73 Å². The molecule has 2 fully saturated rings. The molecule has 2 aliphatic rings. The van der Waals surface area contributed by atoms with E-state index in [9.17, 15) is 0 Å². The number of hydrogen-bond donors (Lipinski definition) is 1. The second kappa shape index (κ2) is 5.05. The molecule has 2 saturated carbocycles. The van der Waals surface area contributed by atoms with E-state index >= 15 is 0 Å². The van der Waals surface area contributed by atoms with Crippen molar-refractivity contribution in [1.82, 2.24) is 4.90 Å². The molecule has 0 bridgehead atoms. The Kier molecular flexibility index (Phi) is 3.91. The molecule has 0 aromatic heterocycles. The van der Waals surface area contributed by atoms with E-state index in [0.29, 0.717) is 5.54 Å². The van der Waals surface area contributed by atoms with Crippen LogP contribution in [0.15, 0.2) is 0 Å². The Labute approximate surface area is 101 Å². The van der Waals surface area contributed by atoms with Gasteiger partial charge in [0.1, 0.15) is 0 Å². The van der Waals surface area contributed by atoms with Gasteiger partial charge in [-0.2, -0.15) is 0 Å². The van der Waals surface area contributed by atoms with E-state index < -0.39 is 0 Å². The molecule has 2 aliphatic carbocycles. The lowest BCUT2D eigenvalue weighted by molar-refractivity contribution is 0.0426. The van der Waals surface area contributed by atoms with Gasteiger partial charge >= 0.3 is 0 Å². The maximum atomic E-state index is 6.08. The molecule has 0 aromatic rings. The molecule has 0 aliphatic heterocycles. The zero-order valence-corrected chi connectivity index (χ0v) is 11.0. The van der Waals surface area contributed by atoms with Crippen LogP contribution < -0.4 is 5.73 Å². The van der Waals surface area contributed by atoms with E-state index in [1.54, 1.807) is 0 Å². The highest BCUT2D eigenvalue weighted by Crippen LogP contribution is 2.37. The van der Waals surface area contributed by atoms with Crippen LogP contribution in [0.1, 0.15) is 51.9 Å². The van der Waals surface area contributed by atoms with Crippen LogP contribution >= 0.6 is 0 Å². The van der Waals surface area contributed by atoms with E-state index in [4.69, 9.17) is 5.73 Å². The fourth-order valence-corrected chi connectivity index (χ4v) is 3.30. The van der Waals surface area contributed by atoms with Crippen LogP contribution in [-0.4, -0.2) is 30.6 Å². The van der Waals surface area contributed by atoms with Crippen LogP contribution in [0.3, 0.4) is 0 Å². The first-order valence-electron chi connectivity index (χ1n) is 7.07. The fourth-order valence-electron chi connectivity index (χ4n) is 3.30. The quantitative estimate of drug-likeness (QED) is 0.795. The second-order valence-corrected chi connectivity index (χ2v) is 6.29. The van der Waals surface area contributed by atoms with Gasteiger partial charge in [0.25, 0.3) is 0 Å². The molecule has 0 heterocycles. The van der Waals surface area contributed by atoms with E-state index in [0.717, 1.165) is 18.4 Å². The van der Waals surface area contributed by atoms with Crippen molar-refractivity contribution in [3.05, 3.63) is 0 Å². The summed E-state index contributed by atoms with van der Waals surface area (Å²) >= 11 is 0. The van der Waals surface area contributed by atoms with E-state index in [2.05, 4.69) is 18.9 Å². The summed E-state index contributed by atoms with van der Waals surface area (Å²) in [7, 11) is 2.31. The summed E-state index contributed by atoms with van der Waals surface area (Å²) in [6.07, 6.45) is 9.70. The van der Waals surface area contributed by atoms with Crippen LogP contribution in [0.4, 0.5) is 0 Å². The Morgan fingerprint density at radius 3 is 2.25 bits per heavy atom. The molecular weight excluding hydrogens is 196 g/mol. The van der Waals surface area contributed by atoms with E-state index in [-0.39, 0.29) is 0 Å². The van der Waals surface area contributed by atoms with Gasteiger partial charge in [-0.25, -0.2) is 0 Å². The predicted molar refractivity (Wildman–Crippen MR) is 69.4 cm³/mol. The molecule has 16 heavy (non-hydrogen) atoms. The molecule has 0 amide bonds. The van der Waals surface area contributed by atoms with Crippen molar-refractivity contribution in [3.8, 4) is 0 Å². The molecular formula is C14H28N2. The van der Waals surface area contributed by atoms with E-state index in [1.165, 1.54) is 51.5 Å². The SMILES string of the molecule is CC1CCC(CN)(N(C)CC2CCC2)CC1. The summed E-state index contributed by atoms with van der Waals surface area (Å²) in [5.74, 6) is 1.88. The highest BCUT2D eigenvalue weighted by molar-refractivity contribution is 4.95. The van der Waals surface area contributed by atoms with Crippen LogP contribution in [-0.2, 0) is 0 Å². The molecule has 0 unspecified atom stereocenters.